The first kappa shape index (κ1) is 15.1. The van der Waals surface area contributed by atoms with Crippen LogP contribution in [0, 0.1) is 5.92 Å². The summed E-state index contributed by atoms with van der Waals surface area (Å²) < 4.78 is 0. The summed E-state index contributed by atoms with van der Waals surface area (Å²) in [5, 5.41) is 21.4. The van der Waals surface area contributed by atoms with Crippen molar-refractivity contribution in [1.29, 1.82) is 0 Å². The maximum atomic E-state index is 12.1. The van der Waals surface area contributed by atoms with Gasteiger partial charge in [0.15, 0.2) is 0 Å². The number of aliphatic carboxylic acids is 1. The van der Waals surface area contributed by atoms with Crippen molar-refractivity contribution in [2.45, 2.75) is 31.4 Å². The number of piperidine rings is 1. The molecule has 3 unspecified atom stereocenters. The molecular weight excluding hydrogens is 262 g/mol. The highest BCUT2D eigenvalue weighted by molar-refractivity contribution is 5.83. The van der Waals surface area contributed by atoms with Crippen LogP contribution in [0.25, 0.3) is 0 Å². The monoisotopic (exact) mass is 285 g/mol. The molecule has 20 heavy (non-hydrogen) atoms. The lowest BCUT2D eigenvalue weighted by Crippen LogP contribution is -2.48. The van der Waals surface area contributed by atoms with Gasteiger partial charge < -0.3 is 25.3 Å². The van der Waals surface area contributed by atoms with E-state index in [1.165, 1.54) is 4.90 Å². The molecule has 0 aromatic carbocycles. The summed E-state index contributed by atoms with van der Waals surface area (Å²) in [6, 6.07) is -1.30. The minimum atomic E-state index is -1.06. The number of β-amino-alcohol motifs (C(OH)–C–C–N with tert-alkyl or cyclic N) is 1. The number of nitrogens with one attached hydrogen (secondary N) is 1. The second-order valence-corrected chi connectivity index (χ2v) is 5.85. The first-order valence-electron chi connectivity index (χ1n) is 7.11. The average molecular weight is 285 g/mol. The van der Waals surface area contributed by atoms with Crippen LogP contribution in [0.3, 0.4) is 0 Å². The van der Waals surface area contributed by atoms with Crippen LogP contribution in [-0.2, 0) is 4.79 Å². The fourth-order valence-electron chi connectivity index (χ4n) is 3.05. The van der Waals surface area contributed by atoms with Gasteiger partial charge in [-0.1, -0.05) is 0 Å². The van der Waals surface area contributed by atoms with Crippen LogP contribution in [0.1, 0.15) is 19.3 Å². The molecule has 2 aliphatic heterocycles. The molecule has 7 heteroatoms. The lowest BCUT2D eigenvalue weighted by molar-refractivity contribution is -0.141. The van der Waals surface area contributed by atoms with Gasteiger partial charge >= 0.3 is 12.0 Å². The Bertz CT molecular complexity index is 377. The Morgan fingerprint density at radius 2 is 2.10 bits per heavy atom. The number of rotatable bonds is 3. The number of aliphatic hydroxyl groups excluding tert-OH is 1. The van der Waals surface area contributed by atoms with Gasteiger partial charge in [0.25, 0.3) is 0 Å². The maximum Gasteiger partial charge on any atom is 0.326 e. The number of urea groups is 1. The summed E-state index contributed by atoms with van der Waals surface area (Å²) in [5.74, 6) is -0.650. The molecule has 2 amide bonds. The zero-order valence-electron chi connectivity index (χ0n) is 11.8. The Balaban J connectivity index is 1.83. The van der Waals surface area contributed by atoms with E-state index in [-0.39, 0.29) is 19.0 Å². The van der Waals surface area contributed by atoms with E-state index >= 15 is 0 Å². The predicted molar refractivity (Wildman–Crippen MR) is 72.4 cm³/mol. The van der Waals surface area contributed by atoms with Crippen molar-refractivity contribution >= 4 is 12.0 Å². The highest BCUT2D eigenvalue weighted by Crippen LogP contribution is 2.19. The van der Waals surface area contributed by atoms with Crippen LogP contribution in [-0.4, -0.2) is 77.4 Å². The third kappa shape index (κ3) is 3.61. The van der Waals surface area contributed by atoms with Crippen LogP contribution in [0.5, 0.6) is 0 Å². The maximum absolute atomic E-state index is 12.1. The molecule has 0 bridgehead atoms. The van der Waals surface area contributed by atoms with Crippen molar-refractivity contribution in [3.63, 3.8) is 0 Å². The molecule has 0 aromatic heterocycles. The molecule has 0 aliphatic carbocycles. The highest BCUT2D eigenvalue weighted by atomic mass is 16.4. The van der Waals surface area contributed by atoms with Crippen molar-refractivity contribution in [2.24, 2.45) is 5.92 Å². The molecule has 0 saturated carbocycles. The van der Waals surface area contributed by atoms with E-state index in [0.717, 1.165) is 25.9 Å². The number of aliphatic hydroxyl groups is 1. The Kier molecular flexibility index (Phi) is 4.82. The Morgan fingerprint density at radius 1 is 1.35 bits per heavy atom. The van der Waals surface area contributed by atoms with Gasteiger partial charge in [-0.15, -0.1) is 0 Å². The predicted octanol–water partition coefficient (Wildman–Crippen LogP) is -0.442. The number of hydrogen-bond acceptors (Lipinski definition) is 4. The van der Waals surface area contributed by atoms with Crippen LogP contribution in [0.2, 0.25) is 0 Å². The van der Waals surface area contributed by atoms with E-state index in [1.807, 2.05) is 0 Å². The average Bonchev–Trinajstić information content (AvgIpc) is 2.78. The summed E-state index contributed by atoms with van der Waals surface area (Å²) in [5.41, 5.74) is 0. The second-order valence-electron chi connectivity index (χ2n) is 5.85. The van der Waals surface area contributed by atoms with Crippen LogP contribution < -0.4 is 5.32 Å². The van der Waals surface area contributed by atoms with Gasteiger partial charge in [-0.2, -0.15) is 0 Å². The molecular formula is C13H23N3O4. The van der Waals surface area contributed by atoms with Crippen molar-refractivity contribution in [1.82, 2.24) is 15.1 Å². The zero-order chi connectivity index (χ0) is 14.7. The number of carbonyl (C=O) groups is 2. The molecule has 0 radical (unpaired) electrons. The van der Waals surface area contributed by atoms with Gasteiger partial charge in [-0.3, -0.25) is 0 Å². The Morgan fingerprint density at radius 3 is 2.75 bits per heavy atom. The smallest absolute Gasteiger partial charge is 0.326 e. The number of carboxylic acid groups (broad SMARTS) is 1. The standard InChI is InChI=1S/C13H23N3O4/c1-15-4-2-3-9(7-15)6-14-13(20)16-8-10(17)5-11(16)12(18)19/h9-11,17H,2-8H2,1H3,(H,14,20)(H,18,19). The summed E-state index contributed by atoms with van der Waals surface area (Å²) >= 11 is 0. The van der Waals surface area contributed by atoms with E-state index in [0.29, 0.717) is 12.5 Å². The molecule has 2 saturated heterocycles. The summed E-state index contributed by atoms with van der Waals surface area (Å²) in [4.78, 5) is 26.6. The number of carboxylic acids is 1. The fourth-order valence-corrected chi connectivity index (χ4v) is 3.05. The second kappa shape index (κ2) is 6.41. The molecule has 3 N–H and O–H groups in total. The summed E-state index contributed by atoms with van der Waals surface area (Å²) in [6.45, 7) is 2.69. The number of likely N-dealkylation sites (tertiary alicyclic amines) is 2. The molecule has 2 fully saturated rings. The third-order valence-corrected chi connectivity index (χ3v) is 4.09. The van der Waals surface area contributed by atoms with E-state index in [2.05, 4.69) is 17.3 Å². The molecule has 2 aliphatic rings. The molecule has 0 aromatic rings. The number of hydrogen-bond donors (Lipinski definition) is 3. The molecule has 114 valence electrons. The number of amides is 2. The van der Waals surface area contributed by atoms with Crippen molar-refractivity contribution in [3.05, 3.63) is 0 Å². The van der Waals surface area contributed by atoms with Gasteiger partial charge in [0.2, 0.25) is 0 Å². The van der Waals surface area contributed by atoms with Gasteiger partial charge in [-0.05, 0) is 32.4 Å². The zero-order valence-corrected chi connectivity index (χ0v) is 11.8. The Labute approximate surface area is 118 Å². The molecule has 7 nitrogen and oxygen atoms in total. The van der Waals surface area contributed by atoms with Gasteiger partial charge in [0, 0.05) is 26.1 Å². The van der Waals surface area contributed by atoms with Gasteiger partial charge in [-0.25, -0.2) is 9.59 Å². The Hall–Kier alpha value is -1.34. The van der Waals surface area contributed by atoms with Crippen LogP contribution in [0.15, 0.2) is 0 Å². The highest BCUT2D eigenvalue weighted by Gasteiger charge is 2.39. The van der Waals surface area contributed by atoms with Crippen molar-refractivity contribution in [3.8, 4) is 0 Å². The summed E-state index contributed by atoms with van der Waals surface area (Å²) in [6.07, 6.45) is 1.56. The number of nitrogens with zero attached hydrogens (tertiary/aromatic N) is 2. The van der Waals surface area contributed by atoms with Crippen LogP contribution in [0.4, 0.5) is 4.79 Å². The van der Waals surface area contributed by atoms with Crippen molar-refractivity contribution in [2.75, 3.05) is 33.2 Å². The van der Waals surface area contributed by atoms with Crippen LogP contribution >= 0.6 is 0 Å². The lowest BCUT2D eigenvalue weighted by atomic mass is 9.99. The largest absolute Gasteiger partial charge is 0.480 e. The van der Waals surface area contributed by atoms with E-state index in [9.17, 15) is 14.7 Å². The first-order valence-corrected chi connectivity index (χ1v) is 7.11. The van der Waals surface area contributed by atoms with E-state index < -0.39 is 18.1 Å². The van der Waals surface area contributed by atoms with Gasteiger partial charge in [0.05, 0.1) is 6.10 Å². The van der Waals surface area contributed by atoms with E-state index in [1.54, 1.807) is 0 Å². The fraction of sp³-hybridized carbons (Fsp3) is 0.846. The molecule has 2 heterocycles. The molecule has 0 spiro atoms. The lowest BCUT2D eigenvalue weighted by Gasteiger charge is -2.30. The molecule has 3 atom stereocenters. The number of carbonyl (C=O) groups excluding carboxylic acids is 1. The first-order chi connectivity index (χ1) is 9.47. The van der Waals surface area contributed by atoms with Gasteiger partial charge in [0.1, 0.15) is 6.04 Å². The molecule has 2 rings (SSSR count). The normalized spacial score (nSPS) is 31.3. The SMILES string of the molecule is CN1CCCC(CNC(=O)N2CC(O)CC2C(=O)O)C1. The summed E-state index contributed by atoms with van der Waals surface area (Å²) in [7, 11) is 2.06. The quantitative estimate of drug-likeness (QED) is 0.653. The third-order valence-electron chi connectivity index (χ3n) is 4.09. The minimum Gasteiger partial charge on any atom is -0.480 e. The van der Waals surface area contributed by atoms with E-state index in [4.69, 9.17) is 5.11 Å². The minimum absolute atomic E-state index is 0.0906. The van der Waals surface area contributed by atoms with Crippen molar-refractivity contribution < 1.29 is 19.8 Å². The topological polar surface area (TPSA) is 93.1 Å².